The third-order valence-electron chi connectivity index (χ3n) is 6.51. The molecule has 0 unspecified atom stereocenters. The van der Waals surface area contributed by atoms with E-state index in [4.69, 9.17) is 9.72 Å². The molecule has 3 nitrogen and oxygen atoms in total. The Balaban J connectivity index is 1.69. The first-order valence-corrected chi connectivity index (χ1v) is 11.1. The van der Waals surface area contributed by atoms with E-state index in [2.05, 4.69) is 48.9 Å². The highest BCUT2D eigenvalue weighted by Gasteiger charge is 2.35. The van der Waals surface area contributed by atoms with Crippen molar-refractivity contribution in [3.05, 3.63) is 47.1 Å². The zero-order valence-electron chi connectivity index (χ0n) is 16.3. The van der Waals surface area contributed by atoms with Crippen molar-refractivity contribution in [2.75, 3.05) is 0 Å². The summed E-state index contributed by atoms with van der Waals surface area (Å²) in [6.45, 7) is 2.22. The fourth-order valence-corrected chi connectivity index (χ4v) is 6.35. The van der Waals surface area contributed by atoms with Gasteiger partial charge in [0.05, 0.1) is 17.5 Å². The molecule has 1 fully saturated rings. The Hall–Kier alpha value is -2.46. The number of nitrogens with zero attached hydrogens (tertiary/aromatic N) is 2. The molecule has 1 aliphatic heterocycles. The number of thiophene rings is 1. The van der Waals surface area contributed by atoms with Crippen LogP contribution in [-0.2, 0) is 7.05 Å². The molecule has 3 heterocycles. The van der Waals surface area contributed by atoms with Crippen LogP contribution in [0.15, 0.2) is 36.7 Å². The zero-order chi connectivity index (χ0) is 18.8. The van der Waals surface area contributed by atoms with Crippen LogP contribution in [0.3, 0.4) is 0 Å². The molecular formula is C24H23N2OS+. The van der Waals surface area contributed by atoms with E-state index in [1.165, 1.54) is 70.0 Å². The Morgan fingerprint density at radius 3 is 2.82 bits per heavy atom. The number of fused-ring (bicyclic) bond motifs is 3. The Morgan fingerprint density at radius 1 is 1.14 bits per heavy atom. The van der Waals surface area contributed by atoms with Crippen LogP contribution in [0.2, 0.25) is 0 Å². The summed E-state index contributed by atoms with van der Waals surface area (Å²) in [7, 11) is 2.10. The van der Waals surface area contributed by atoms with Gasteiger partial charge in [0.25, 0.3) is 6.33 Å². The van der Waals surface area contributed by atoms with Crippen molar-refractivity contribution in [3.63, 3.8) is 0 Å². The number of aryl methyl sites for hydroxylation is 2. The van der Waals surface area contributed by atoms with Gasteiger partial charge < -0.3 is 4.74 Å². The molecule has 0 saturated heterocycles. The molecule has 2 aromatic heterocycles. The molecule has 0 radical (unpaired) electrons. The lowest BCUT2D eigenvalue weighted by Crippen LogP contribution is -2.32. The molecule has 0 bridgehead atoms. The van der Waals surface area contributed by atoms with E-state index >= 15 is 0 Å². The number of aromatic nitrogens is 2. The monoisotopic (exact) mass is 387 g/mol. The van der Waals surface area contributed by atoms with Gasteiger partial charge in [-0.3, -0.25) is 0 Å². The molecule has 2 aromatic carbocycles. The van der Waals surface area contributed by atoms with E-state index < -0.39 is 0 Å². The van der Waals surface area contributed by atoms with Crippen LogP contribution in [-0.4, -0.2) is 4.98 Å². The van der Waals surface area contributed by atoms with Crippen molar-refractivity contribution in [2.24, 2.45) is 7.05 Å². The highest BCUT2D eigenvalue weighted by atomic mass is 32.1. The summed E-state index contributed by atoms with van der Waals surface area (Å²) in [4.78, 5) is 7.29. The molecule has 1 aliphatic carbocycles. The van der Waals surface area contributed by atoms with E-state index in [9.17, 15) is 0 Å². The maximum Gasteiger partial charge on any atom is 0.288 e. The van der Waals surface area contributed by atoms with Crippen LogP contribution in [0.4, 0.5) is 0 Å². The van der Waals surface area contributed by atoms with Crippen molar-refractivity contribution >= 4 is 32.3 Å². The molecule has 0 atom stereocenters. The van der Waals surface area contributed by atoms with Gasteiger partial charge in [0.2, 0.25) is 4.83 Å². The molecule has 140 valence electrons. The minimum Gasteiger partial charge on any atom is -0.454 e. The molecule has 2 aliphatic rings. The Bertz CT molecular complexity index is 1250. The lowest BCUT2D eigenvalue weighted by Gasteiger charge is -2.24. The Morgan fingerprint density at radius 2 is 1.96 bits per heavy atom. The number of ether oxygens (including phenoxy) is 1. The summed E-state index contributed by atoms with van der Waals surface area (Å²) >= 11 is 1.85. The van der Waals surface area contributed by atoms with Crippen LogP contribution in [0, 0.1) is 6.92 Å². The SMILES string of the molecule is Cc1c2c(cc3ccccc13)Oc1c(C3CCCCC3)sc3nc[n+](C)c-2c13. The normalized spacial score (nSPS) is 16.4. The first-order valence-electron chi connectivity index (χ1n) is 10.2. The standard InChI is InChI=1S/C24H23N2OS/c1-14-17-11-7-6-10-16(17)12-18-19(14)21-20-22(27-18)23(15-8-4-3-5-9-15)28-24(20)25-13-26(21)2/h6-7,10-13,15H,3-5,8-9H2,1-2H3/q+1. The second-order valence-electron chi connectivity index (χ2n) is 8.21. The molecule has 4 aromatic rings. The minimum absolute atomic E-state index is 0.615. The highest BCUT2D eigenvalue weighted by molar-refractivity contribution is 7.19. The maximum atomic E-state index is 6.67. The van der Waals surface area contributed by atoms with Crippen molar-refractivity contribution in [3.8, 4) is 22.8 Å². The topological polar surface area (TPSA) is 26.0 Å². The molecule has 6 rings (SSSR count). The zero-order valence-corrected chi connectivity index (χ0v) is 17.1. The van der Waals surface area contributed by atoms with E-state index in [-0.39, 0.29) is 0 Å². The summed E-state index contributed by atoms with van der Waals surface area (Å²) in [5, 5.41) is 3.74. The molecular weight excluding hydrogens is 364 g/mol. The average Bonchev–Trinajstić information content (AvgIpc) is 3.10. The van der Waals surface area contributed by atoms with Crippen molar-refractivity contribution in [1.82, 2.24) is 4.98 Å². The van der Waals surface area contributed by atoms with Gasteiger partial charge in [-0.2, -0.15) is 0 Å². The van der Waals surface area contributed by atoms with E-state index in [0.717, 1.165) is 16.3 Å². The maximum absolute atomic E-state index is 6.67. The first-order chi connectivity index (χ1) is 13.7. The van der Waals surface area contributed by atoms with Crippen molar-refractivity contribution in [2.45, 2.75) is 44.9 Å². The van der Waals surface area contributed by atoms with E-state index in [0.29, 0.717) is 5.92 Å². The van der Waals surface area contributed by atoms with Gasteiger partial charge in [-0.1, -0.05) is 54.9 Å². The van der Waals surface area contributed by atoms with Gasteiger partial charge in [-0.15, -0.1) is 0 Å². The van der Waals surface area contributed by atoms with E-state index in [1.807, 2.05) is 17.7 Å². The smallest absolute Gasteiger partial charge is 0.288 e. The minimum atomic E-state index is 0.615. The van der Waals surface area contributed by atoms with Gasteiger partial charge in [-0.05, 0) is 53.1 Å². The van der Waals surface area contributed by atoms with Crippen LogP contribution in [0.5, 0.6) is 11.5 Å². The molecule has 1 saturated carbocycles. The van der Waals surface area contributed by atoms with Crippen LogP contribution in [0.1, 0.15) is 48.5 Å². The van der Waals surface area contributed by atoms with Gasteiger partial charge in [0.15, 0.2) is 11.4 Å². The number of rotatable bonds is 1. The van der Waals surface area contributed by atoms with Crippen molar-refractivity contribution in [1.29, 1.82) is 0 Å². The van der Waals surface area contributed by atoms with E-state index in [1.54, 1.807) is 0 Å². The van der Waals surface area contributed by atoms with Crippen LogP contribution >= 0.6 is 11.3 Å². The summed E-state index contributed by atoms with van der Waals surface area (Å²) in [5.41, 5.74) is 3.75. The quantitative estimate of drug-likeness (QED) is 0.311. The molecule has 28 heavy (non-hydrogen) atoms. The number of hydrogen-bond donors (Lipinski definition) is 0. The first kappa shape index (κ1) is 16.5. The Labute approximate surface area is 168 Å². The highest BCUT2D eigenvalue weighted by Crippen LogP contribution is 2.54. The lowest BCUT2D eigenvalue weighted by molar-refractivity contribution is -0.662. The molecule has 0 N–H and O–H groups in total. The van der Waals surface area contributed by atoms with Crippen LogP contribution in [0.25, 0.3) is 32.2 Å². The third kappa shape index (κ3) is 2.21. The van der Waals surface area contributed by atoms with Crippen molar-refractivity contribution < 1.29 is 9.30 Å². The lowest BCUT2D eigenvalue weighted by atomic mass is 9.87. The van der Waals surface area contributed by atoms with Gasteiger partial charge in [0, 0.05) is 0 Å². The van der Waals surface area contributed by atoms with Gasteiger partial charge in [-0.25, -0.2) is 4.57 Å². The fraction of sp³-hybridized carbons (Fsp3) is 0.333. The summed E-state index contributed by atoms with van der Waals surface area (Å²) in [6, 6.07) is 10.8. The average molecular weight is 388 g/mol. The molecule has 4 heteroatoms. The largest absolute Gasteiger partial charge is 0.454 e. The van der Waals surface area contributed by atoms with Crippen LogP contribution < -0.4 is 9.30 Å². The summed E-state index contributed by atoms with van der Waals surface area (Å²) in [6.07, 6.45) is 8.53. The predicted octanol–water partition coefficient (Wildman–Crippen LogP) is 6.40. The summed E-state index contributed by atoms with van der Waals surface area (Å²) < 4.78 is 8.85. The fourth-order valence-electron chi connectivity index (χ4n) is 5.11. The molecule has 0 spiro atoms. The van der Waals surface area contributed by atoms with Gasteiger partial charge >= 0.3 is 0 Å². The van der Waals surface area contributed by atoms with Gasteiger partial charge in [0.1, 0.15) is 11.1 Å². The second kappa shape index (κ2) is 6.02. The third-order valence-corrected chi connectivity index (χ3v) is 7.75. The number of hydrogen-bond acceptors (Lipinski definition) is 3. The number of benzene rings is 2. The molecule has 0 amide bonds. The predicted molar refractivity (Wildman–Crippen MR) is 114 cm³/mol. The Kier molecular flexibility index (Phi) is 3.54. The second-order valence-corrected chi connectivity index (χ2v) is 9.24. The summed E-state index contributed by atoms with van der Waals surface area (Å²) in [5.74, 6) is 2.68.